The van der Waals surface area contributed by atoms with Crippen molar-refractivity contribution in [3.8, 4) is 0 Å². The Balaban J connectivity index is 1.66. The number of rotatable bonds is 2. The van der Waals surface area contributed by atoms with Gasteiger partial charge in [-0.2, -0.15) is 13.2 Å². The third-order valence-electron chi connectivity index (χ3n) is 5.53. The standard InChI is InChI=1S/C21H21F4N5O/c1-12-6-4-9-17(26-12)30-16-10-11-29(13(2)19(16)28(3)27-30)20(31)14-7-5-8-15(18(14)22)21(23,24)25/h4-9,13,27H,10-11H2,1-3H3/t13-/m0/s1. The average Bonchev–Trinajstić information content (AvgIpc) is 3.04. The van der Waals surface area contributed by atoms with E-state index in [2.05, 4.69) is 10.5 Å². The van der Waals surface area contributed by atoms with Gasteiger partial charge in [-0.15, -0.1) is 5.53 Å². The Kier molecular flexibility index (Phi) is 5.12. The Morgan fingerprint density at radius 1 is 1.19 bits per heavy atom. The van der Waals surface area contributed by atoms with Crippen LogP contribution in [0.3, 0.4) is 0 Å². The smallest absolute Gasteiger partial charge is 0.330 e. The first-order valence-electron chi connectivity index (χ1n) is 9.73. The van der Waals surface area contributed by atoms with Crippen LogP contribution < -0.4 is 10.5 Å². The van der Waals surface area contributed by atoms with Crippen LogP contribution in [0.4, 0.5) is 23.4 Å². The molecular weight excluding hydrogens is 414 g/mol. The molecule has 3 heterocycles. The minimum Gasteiger partial charge on any atom is -0.330 e. The van der Waals surface area contributed by atoms with Gasteiger partial charge in [-0.25, -0.2) is 14.4 Å². The summed E-state index contributed by atoms with van der Waals surface area (Å²) in [6.45, 7) is 3.88. The second-order valence-electron chi connectivity index (χ2n) is 7.55. The second-order valence-corrected chi connectivity index (χ2v) is 7.55. The SMILES string of the molecule is Cc1cccc(N2NN(C)C3=C2CCN(C(=O)c2cccc(C(F)(F)F)c2F)[C@H]3C)n1. The van der Waals surface area contributed by atoms with Crippen LogP contribution in [0, 0.1) is 12.7 Å². The number of aromatic nitrogens is 1. The van der Waals surface area contributed by atoms with Crippen molar-refractivity contribution in [1.82, 2.24) is 20.4 Å². The van der Waals surface area contributed by atoms with E-state index in [-0.39, 0.29) is 6.54 Å². The summed E-state index contributed by atoms with van der Waals surface area (Å²) >= 11 is 0. The Bertz CT molecular complexity index is 1070. The van der Waals surface area contributed by atoms with E-state index in [1.165, 1.54) is 4.90 Å². The molecule has 1 aromatic carbocycles. The number of likely N-dealkylation sites (N-methyl/N-ethyl adjacent to an activating group) is 1. The molecule has 0 saturated heterocycles. The van der Waals surface area contributed by atoms with Crippen LogP contribution in [0.2, 0.25) is 0 Å². The van der Waals surface area contributed by atoms with Crippen LogP contribution in [-0.2, 0) is 6.18 Å². The molecule has 31 heavy (non-hydrogen) atoms. The minimum atomic E-state index is -4.87. The fourth-order valence-electron chi connectivity index (χ4n) is 4.09. The molecule has 0 radical (unpaired) electrons. The fourth-order valence-corrected chi connectivity index (χ4v) is 4.09. The minimum absolute atomic E-state index is 0.229. The van der Waals surface area contributed by atoms with Crippen LogP contribution in [-0.4, -0.2) is 40.4 Å². The van der Waals surface area contributed by atoms with E-state index in [9.17, 15) is 22.4 Å². The van der Waals surface area contributed by atoms with Gasteiger partial charge in [0.25, 0.3) is 5.91 Å². The first-order chi connectivity index (χ1) is 14.6. The topological polar surface area (TPSA) is 51.7 Å². The third-order valence-corrected chi connectivity index (χ3v) is 5.53. The quantitative estimate of drug-likeness (QED) is 0.726. The van der Waals surface area contributed by atoms with Crippen LogP contribution >= 0.6 is 0 Å². The van der Waals surface area contributed by atoms with Gasteiger partial charge in [0, 0.05) is 25.7 Å². The van der Waals surface area contributed by atoms with Gasteiger partial charge >= 0.3 is 6.18 Å². The van der Waals surface area contributed by atoms with E-state index < -0.39 is 35.1 Å². The summed E-state index contributed by atoms with van der Waals surface area (Å²) in [6, 6.07) is 7.90. The molecule has 0 bridgehead atoms. The molecule has 0 fully saturated rings. The third kappa shape index (κ3) is 3.60. The second kappa shape index (κ2) is 7.52. The molecular formula is C21H21F4N5O. The lowest BCUT2D eigenvalue weighted by Crippen LogP contribution is -2.46. The van der Waals surface area contributed by atoms with Crippen molar-refractivity contribution in [3.63, 3.8) is 0 Å². The zero-order chi connectivity index (χ0) is 22.5. The number of carbonyl (C=O) groups excluding carboxylic acids is 1. The molecule has 2 aromatic rings. The molecule has 164 valence electrons. The lowest BCUT2D eigenvalue weighted by Gasteiger charge is -2.36. The fraction of sp³-hybridized carbons (Fsp3) is 0.333. The molecule has 2 aliphatic heterocycles. The summed E-state index contributed by atoms with van der Waals surface area (Å²) < 4.78 is 53.8. The van der Waals surface area contributed by atoms with Crippen molar-refractivity contribution >= 4 is 11.7 Å². The van der Waals surface area contributed by atoms with Gasteiger partial charge in [0.1, 0.15) is 11.6 Å². The highest BCUT2D eigenvalue weighted by Crippen LogP contribution is 2.36. The Labute approximate surface area is 176 Å². The maximum atomic E-state index is 14.5. The van der Waals surface area contributed by atoms with Crippen LogP contribution in [0.5, 0.6) is 0 Å². The highest BCUT2D eigenvalue weighted by atomic mass is 19.4. The molecule has 1 aromatic heterocycles. The predicted molar refractivity (Wildman–Crippen MR) is 106 cm³/mol. The van der Waals surface area contributed by atoms with Gasteiger partial charge in [-0.1, -0.05) is 12.1 Å². The molecule has 1 atom stereocenters. The average molecular weight is 435 g/mol. The van der Waals surface area contributed by atoms with Gasteiger partial charge < -0.3 is 4.90 Å². The first-order valence-corrected chi connectivity index (χ1v) is 9.73. The van der Waals surface area contributed by atoms with E-state index in [1.807, 2.05) is 30.1 Å². The van der Waals surface area contributed by atoms with Gasteiger partial charge in [-0.05, 0) is 38.1 Å². The normalized spacial score (nSPS) is 19.2. The van der Waals surface area contributed by atoms with Crippen molar-refractivity contribution in [1.29, 1.82) is 0 Å². The van der Waals surface area contributed by atoms with Crippen molar-refractivity contribution in [2.45, 2.75) is 32.5 Å². The summed E-state index contributed by atoms with van der Waals surface area (Å²) in [5, 5.41) is 3.57. The number of aryl methyl sites for hydroxylation is 1. The number of nitrogens with zero attached hydrogens (tertiary/aromatic N) is 4. The highest BCUT2D eigenvalue weighted by Gasteiger charge is 2.41. The van der Waals surface area contributed by atoms with Gasteiger partial charge in [-0.3, -0.25) is 9.80 Å². The lowest BCUT2D eigenvalue weighted by atomic mass is 10.0. The molecule has 6 nitrogen and oxygen atoms in total. The molecule has 4 rings (SSSR count). The summed E-state index contributed by atoms with van der Waals surface area (Å²) in [5.41, 5.74) is 3.67. The largest absolute Gasteiger partial charge is 0.419 e. The number of alkyl halides is 3. The molecule has 0 unspecified atom stereocenters. The zero-order valence-electron chi connectivity index (χ0n) is 17.2. The van der Waals surface area contributed by atoms with E-state index in [4.69, 9.17) is 0 Å². The highest BCUT2D eigenvalue weighted by molar-refractivity contribution is 5.95. The van der Waals surface area contributed by atoms with Gasteiger partial charge in [0.05, 0.1) is 28.6 Å². The number of hydrogen-bond acceptors (Lipinski definition) is 5. The number of anilines is 1. The number of amides is 1. The van der Waals surface area contributed by atoms with E-state index >= 15 is 0 Å². The number of nitrogens with one attached hydrogen (secondary N) is 1. The number of hydrogen-bond donors (Lipinski definition) is 1. The van der Waals surface area contributed by atoms with E-state index in [1.54, 1.807) is 19.0 Å². The number of carbonyl (C=O) groups is 1. The maximum Gasteiger partial charge on any atom is 0.419 e. The van der Waals surface area contributed by atoms with Crippen molar-refractivity contribution in [2.24, 2.45) is 0 Å². The Morgan fingerprint density at radius 3 is 2.58 bits per heavy atom. The van der Waals surface area contributed by atoms with Crippen molar-refractivity contribution in [2.75, 3.05) is 18.6 Å². The van der Waals surface area contributed by atoms with Crippen LogP contribution in [0.15, 0.2) is 47.8 Å². The summed E-state index contributed by atoms with van der Waals surface area (Å²) in [6.07, 6.45) is -4.44. The predicted octanol–water partition coefficient (Wildman–Crippen LogP) is 3.87. The number of hydrazine groups is 2. The lowest BCUT2D eigenvalue weighted by molar-refractivity contribution is -0.140. The zero-order valence-corrected chi connectivity index (χ0v) is 17.2. The number of benzene rings is 1. The molecule has 0 aliphatic carbocycles. The van der Waals surface area contributed by atoms with Crippen molar-refractivity contribution < 1.29 is 22.4 Å². The van der Waals surface area contributed by atoms with Gasteiger partial charge in [0.2, 0.25) is 0 Å². The number of halogens is 4. The number of pyridine rings is 1. The van der Waals surface area contributed by atoms with E-state index in [0.717, 1.165) is 29.2 Å². The monoisotopic (exact) mass is 435 g/mol. The summed E-state index contributed by atoms with van der Waals surface area (Å²) in [4.78, 5) is 18.9. The molecule has 2 aliphatic rings. The molecule has 10 heteroatoms. The van der Waals surface area contributed by atoms with Crippen LogP contribution in [0.25, 0.3) is 0 Å². The van der Waals surface area contributed by atoms with Gasteiger partial charge in [0.15, 0.2) is 0 Å². The van der Waals surface area contributed by atoms with E-state index in [0.29, 0.717) is 18.3 Å². The first kappa shape index (κ1) is 21.1. The maximum absolute atomic E-state index is 14.5. The Hall–Kier alpha value is -3.14. The van der Waals surface area contributed by atoms with Crippen molar-refractivity contribution in [3.05, 3.63) is 70.4 Å². The summed E-state index contributed by atoms with van der Waals surface area (Å²) in [5.74, 6) is -1.63. The Morgan fingerprint density at radius 2 is 1.90 bits per heavy atom. The summed E-state index contributed by atoms with van der Waals surface area (Å²) in [7, 11) is 1.78. The molecule has 0 spiro atoms. The van der Waals surface area contributed by atoms with Crippen LogP contribution in [0.1, 0.15) is 35.0 Å². The molecule has 1 amide bonds. The molecule has 0 saturated carbocycles. The molecule has 1 N–H and O–H groups in total.